The van der Waals surface area contributed by atoms with E-state index in [-0.39, 0.29) is 11.6 Å². The Morgan fingerprint density at radius 2 is 1.85 bits per heavy atom. The Hall–Kier alpha value is -2.14. The first-order valence-corrected chi connectivity index (χ1v) is 6.24. The molecule has 2 aromatic rings. The first-order valence-electron chi connectivity index (χ1n) is 5.86. The van der Waals surface area contributed by atoms with Crippen LogP contribution < -0.4 is 4.74 Å². The molecular formula is C14H13ClN2O3. The zero-order valence-corrected chi connectivity index (χ0v) is 12.1. The molecule has 0 saturated carbocycles. The Labute approximate surface area is 121 Å². The molecule has 2 rings (SSSR count). The summed E-state index contributed by atoms with van der Waals surface area (Å²) in [5.41, 5.74) is 1.84. The number of ether oxygens (including phenoxy) is 2. The number of benzene rings is 1. The van der Waals surface area contributed by atoms with Crippen LogP contribution in [0.3, 0.4) is 0 Å². The van der Waals surface area contributed by atoms with E-state index in [0.29, 0.717) is 10.8 Å². The molecule has 5 nitrogen and oxygen atoms in total. The summed E-state index contributed by atoms with van der Waals surface area (Å²) in [7, 11) is 1.28. The number of hydrogen-bond donors (Lipinski definition) is 0. The number of aryl methyl sites for hydroxylation is 2. The molecule has 0 bridgehead atoms. The molecule has 0 aliphatic heterocycles. The van der Waals surface area contributed by atoms with Crippen LogP contribution in [-0.4, -0.2) is 23.0 Å². The SMILES string of the molecule is COC(=O)c1cncc(Oc2c(C)cc(Cl)cc2C)n1. The summed E-state index contributed by atoms with van der Waals surface area (Å²) in [5, 5.41) is 0.641. The van der Waals surface area contributed by atoms with E-state index < -0.39 is 5.97 Å². The van der Waals surface area contributed by atoms with Crippen LogP contribution in [0.1, 0.15) is 21.6 Å². The molecule has 0 atom stereocenters. The molecule has 20 heavy (non-hydrogen) atoms. The average Bonchev–Trinajstić information content (AvgIpc) is 2.42. The maximum atomic E-state index is 11.4. The first kappa shape index (κ1) is 14.3. The van der Waals surface area contributed by atoms with Gasteiger partial charge in [0, 0.05) is 5.02 Å². The fourth-order valence-electron chi connectivity index (χ4n) is 1.76. The molecule has 0 saturated heterocycles. The van der Waals surface area contributed by atoms with Crippen molar-refractivity contribution in [3.05, 3.63) is 46.4 Å². The van der Waals surface area contributed by atoms with Crippen LogP contribution in [-0.2, 0) is 4.74 Å². The van der Waals surface area contributed by atoms with Crippen molar-refractivity contribution in [2.45, 2.75) is 13.8 Å². The highest BCUT2D eigenvalue weighted by Crippen LogP contribution is 2.30. The van der Waals surface area contributed by atoms with Crippen molar-refractivity contribution in [1.82, 2.24) is 9.97 Å². The highest BCUT2D eigenvalue weighted by atomic mass is 35.5. The molecule has 104 valence electrons. The summed E-state index contributed by atoms with van der Waals surface area (Å²) in [6.45, 7) is 3.76. The molecule has 1 aromatic heterocycles. The molecule has 0 aliphatic rings. The van der Waals surface area contributed by atoms with Crippen LogP contribution in [0.4, 0.5) is 0 Å². The van der Waals surface area contributed by atoms with Crippen molar-refractivity contribution < 1.29 is 14.3 Å². The summed E-state index contributed by atoms with van der Waals surface area (Å²) in [4.78, 5) is 19.4. The molecular weight excluding hydrogens is 280 g/mol. The number of carbonyl (C=O) groups excluding carboxylic acids is 1. The van der Waals surface area contributed by atoms with Gasteiger partial charge in [0.15, 0.2) is 5.69 Å². The van der Waals surface area contributed by atoms with Gasteiger partial charge >= 0.3 is 5.97 Å². The van der Waals surface area contributed by atoms with Crippen molar-refractivity contribution >= 4 is 17.6 Å². The van der Waals surface area contributed by atoms with E-state index in [1.165, 1.54) is 19.5 Å². The number of methoxy groups -OCH3 is 1. The molecule has 0 N–H and O–H groups in total. The Kier molecular flexibility index (Phi) is 4.20. The van der Waals surface area contributed by atoms with Gasteiger partial charge in [0.1, 0.15) is 5.75 Å². The summed E-state index contributed by atoms with van der Waals surface area (Å²) in [6, 6.07) is 3.59. The van der Waals surface area contributed by atoms with Crippen LogP contribution in [0.5, 0.6) is 11.6 Å². The normalized spacial score (nSPS) is 10.2. The molecule has 6 heteroatoms. The maximum Gasteiger partial charge on any atom is 0.358 e. The van der Waals surface area contributed by atoms with Crippen LogP contribution in [0.2, 0.25) is 5.02 Å². The average molecular weight is 293 g/mol. The van der Waals surface area contributed by atoms with Crippen molar-refractivity contribution in [3.63, 3.8) is 0 Å². The second-order valence-electron chi connectivity index (χ2n) is 4.20. The van der Waals surface area contributed by atoms with Crippen LogP contribution >= 0.6 is 11.6 Å². The zero-order valence-electron chi connectivity index (χ0n) is 11.3. The Morgan fingerprint density at radius 3 is 2.45 bits per heavy atom. The third kappa shape index (κ3) is 3.05. The highest BCUT2D eigenvalue weighted by molar-refractivity contribution is 6.30. The number of nitrogens with zero attached hydrogens (tertiary/aromatic N) is 2. The summed E-state index contributed by atoms with van der Waals surface area (Å²) in [5.74, 6) is 0.305. The van der Waals surface area contributed by atoms with E-state index in [2.05, 4.69) is 14.7 Å². The van der Waals surface area contributed by atoms with Gasteiger partial charge < -0.3 is 9.47 Å². The van der Waals surface area contributed by atoms with Gasteiger partial charge in [-0.1, -0.05) is 11.6 Å². The molecule has 0 amide bonds. The van der Waals surface area contributed by atoms with Gasteiger partial charge in [-0.3, -0.25) is 4.98 Å². The van der Waals surface area contributed by atoms with Crippen molar-refractivity contribution in [3.8, 4) is 11.6 Å². The number of halogens is 1. The predicted molar refractivity (Wildman–Crippen MR) is 74.4 cm³/mol. The molecule has 0 aliphatic carbocycles. The van der Waals surface area contributed by atoms with Crippen LogP contribution in [0.15, 0.2) is 24.5 Å². The van der Waals surface area contributed by atoms with E-state index in [1.54, 1.807) is 12.1 Å². The highest BCUT2D eigenvalue weighted by Gasteiger charge is 2.12. The second-order valence-corrected chi connectivity index (χ2v) is 4.64. The second kappa shape index (κ2) is 5.88. The molecule has 0 radical (unpaired) electrons. The lowest BCUT2D eigenvalue weighted by atomic mass is 10.1. The van der Waals surface area contributed by atoms with Crippen LogP contribution in [0, 0.1) is 13.8 Å². The van der Waals surface area contributed by atoms with Crippen molar-refractivity contribution in [1.29, 1.82) is 0 Å². The van der Waals surface area contributed by atoms with Crippen molar-refractivity contribution in [2.24, 2.45) is 0 Å². The van der Waals surface area contributed by atoms with E-state index in [9.17, 15) is 4.79 Å². The van der Waals surface area contributed by atoms with Gasteiger partial charge in [0.05, 0.1) is 19.5 Å². The molecule has 1 heterocycles. The molecule has 0 fully saturated rings. The number of aromatic nitrogens is 2. The van der Waals surface area contributed by atoms with Gasteiger partial charge in [0.25, 0.3) is 0 Å². The van der Waals surface area contributed by atoms with Gasteiger partial charge in [-0.2, -0.15) is 0 Å². The Bertz CT molecular complexity index is 636. The number of carbonyl (C=O) groups is 1. The van der Waals surface area contributed by atoms with E-state index in [4.69, 9.17) is 16.3 Å². The Balaban J connectivity index is 2.33. The molecule has 0 unspecified atom stereocenters. The van der Waals surface area contributed by atoms with Gasteiger partial charge in [-0.15, -0.1) is 0 Å². The topological polar surface area (TPSA) is 61.3 Å². The summed E-state index contributed by atoms with van der Waals surface area (Å²) < 4.78 is 10.3. The first-order chi connectivity index (χ1) is 9.51. The number of esters is 1. The standard InChI is InChI=1S/C14H13ClN2O3/c1-8-4-10(15)5-9(2)13(8)20-12-7-16-6-11(17-12)14(18)19-3/h4-7H,1-3H3. The fraction of sp³-hybridized carbons (Fsp3) is 0.214. The summed E-state index contributed by atoms with van der Waals surface area (Å²) >= 11 is 5.97. The lowest BCUT2D eigenvalue weighted by molar-refractivity contribution is 0.0592. The number of rotatable bonds is 3. The Morgan fingerprint density at radius 1 is 1.20 bits per heavy atom. The largest absolute Gasteiger partial charge is 0.464 e. The monoisotopic (exact) mass is 292 g/mol. The lowest BCUT2D eigenvalue weighted by Crippen LogP contribution is -2.06. The van der Waals surface area contributed by atoms with Crippen molar-refractivity contribution in [2.75, 3.05) is 7.11 Å². The molecule has 0 spiro atoms. The summed E-state index contributed by atoms with van der Waals surface area (Å²) in [6.07, 6.45) is 2.75. The molecule has 1 aromatic carbocycles. The predicted octanol–water partition coefficient (Wildman–Crippen LogP) is 3.33. The third-order valence-corrected chi connectivity index (χ3v) is 2.86. The van der Waals surface area contributed by atoms with Gasteiger partial charge in [-0.05, 0) is 37.1 Å². The maximum absolute atomic E-state index is 11.4. The van der Waals surface area contributed by atoms with Gasteiger partial charge in [-0.25, -0.2) is 9.78 Å². The van der Waals surface area contributed by atoms with E-state index in [1.807, 2.05) is 13.8 Å². The zero-order chi connectivity index (χ0) is 14.7. The van der Waals surface area contributed by atoms with Gasteiger partial charge in [0.2, 0.25) is 5.88 Å². The van der Waals surface area contributed by atoms with E-state index in [0.717, 1.165) is 11.1 Å². The van der Waals surface area contributed by atoms with E-state index >= 15 is 0 Å². The third-order valence-electron chi connectivity index (χ3n) is 2.64. The minimum atomic E-state index is -0.563. The minimum Gasteiger partial charge on any atom is -0.464 e. The smallest absolute Gasteiger partial charge is 0.358 e. The fourth-order valence-corrected chi connectivity index (χ4v) is 2.09. The van der Waals surface area contributed by atoms with Crippen LogP contribution in [0.25, 0.3) is 0 Å². The quantitative estimate of drug-likeness (QED) is 0.812. The number of hydrogen-bond acceptors (Lipinski definition) is 5. The lowest BCUT2D eigenvalue weighted by Gasteiger charge is -2.11. The minimum absolute atomic E-state index is 0.0919.